The summed E-state index contributed by atoms with van der Waals surface area (Å²) in [5, 5.41) is 0.976. The van der Waals surface area contributed by atoms with Gasteiger partial charge in [-0.05, 0) is 55.4 Å². The minimum absolute atomic E-state index is 0.145. The van der Waals surface area contributed by atoms with Gasteiger partial charge in [-0.3, -0.25) is 9.59 Å². The van der Waals surface area contributed by atoms with E-state index in [9.17, 15) is 9.59 Å². The first-order chi connectivity index (χ1) is 12.7. The molecule has 0 fully saturated rings. The monoisotopic (exact) mass is 360 g/mol. The Morgan fingerprint density at radius 1 is 0.885 bits per heavy atom. The van der Waals surface area contributed by atoms with Crippen LogP contribution in [-0.2, 0) is 9.59 Å². The molecule has 0 N–H and O–H groups in total. The zero-order valence-corrected chi connectivity index (χ0v) is 14.9. The Bertz CT molecular complexity index is 1050. The second-order valence-corrected chi connectivity index (χ2v) is 7.49. The molecule has 5 heteroatoms. The minimum atomic E-state index is -0.145. The van der Waals surface area contributed by atoms with E-state index < -0.39 is 0 Å². The third-order valence-electron chi connectivity index (χ3n) is 5.15. The molecule has 128 valence electrons. The standard InChI is InChI=1S/C21H16N2O2S/c24-20-15-8-4-5-9-16(15)21(25)23(20)14-10-11-18-17(12-14)19(22-26-18)13-6-2-1-3-7-13/h1-3,6-7,10-12H,4-5,8-9H2. The van der Waals surface area contributed by atoms with Crippen molar-refractivity contribution < 1.29 is 9.59 Å². The van der Waals surface area contributed by atoms with Crippen molar-refractivity contribution in [2.45, 2.75) is 25.7 Å². The minimum Gasteiger partial charge on any atom is -0.269 e. The molecule has 0 saturated carbocycles. The van der Waals surface area contributed by atoms with Gasteiger partial charge in [-0.1, -0.05) is 30.3 Å². The van der Waals surface area contributed by atoms with Crippen LogP contribution in [0.15, 0.2) is 59.7 Å². The summed E-state index contributed by atoms with van der Waals surface area (Å²) in [7, 11) is 0. The van der Waals surface area contributed by atoms with Crippen LogP contribution < -0.4 is 4.90 Å². The van der Waals surface area contributed by atoms with Gasteiger partial charge in [0.15, 0.2) is 0 Å². The molecule has 2 aliphatic rings. The Kier molecular flexibility index (Phi) is 3.50. The van der Waals surface area contributed by atoms with Gasteiger partial charge in [0, 0.05) is 22.1 Å². The first-order valence-corrected chi connectivity index (χ1v) is 9.57. The van der Waals surface area contributed by atoms with Gasteiger partial charge in [-0.15, -0.1) is 0 Å². The van der Waals surface area contributed by atoms with E-state index in [0.29, 0.717) is 29.7 Å². The van der Waals surface area contributed by atoms with Gasteiger partial charge in [0.05, 0.1) is 16.1 Å². The summed E-state index contributed by atoms with van der Waals surface area (Å²) in [6.45, 7) is 0. The van der Waals surface area contributed by atoms with Gasteiger partial charge in [-0.2, -0.15) is 4.37 Å². The van der Waals surface area contributed by atoms with E-state index in [1.165, 1.54) is 16.4 Å². The number of rotatable bonds is 2. The van der Waals surface area contributed by atoms with E-state index in [4.69, 9.17) is 0 Å². The Labute approximate surface area is 154 Å². The molecule has 1 aliphatic carbocycles. The van der Waals surface area contributed by atoms with Crippen LogP contribution in [0.4, 0.5) is 5.69 Å². The number of carbonyl (C=O) groups excluding carboxylic acids is 2. The lowest BCUT2D eigenvalue weighted by atomic mass is 9.93. The number of hydrogen-bond acceptors (Lipinski definition) is 4. The molecular formula is C21H16N2O2S. The number of anilines is 1. The van der Waals surface area contributed by atoms with E-state index >= 15 is 0 Å². The molecule has 0 bridgehead atoms. The summed E-state index contributed by atoms with van der Waals surface area (Å²) < 4.78 is 5.63. The van der Waals surface area contributed by atoms with Crippen molar-refractivity contribution in [1.82, 2.24) is 4.37 Å². The van der Waals surface area contributed by atoms with Gasteiger partial charge < -0.3 is 0 Å². The highest BCUT2D eigenvalue weighted by atomic mass is 32.1. The molecule has 2 heterocycles. The van der Waals surface area contributed by atoms with Gasteiger partial charge in [0.2, 0.25) is 0 Å². The van der Waals surface area contributed by atoms with Crippen molar-refractivity contribution in [3.05, 3.63) is 59.7 Å². The molecule has 0 radical (unpaired) electrons. The molecule has 2 aromatic carbocycles. The average molecular weight is 360 g/mol. The number of imide groups is 1. The zero-order chi connectivity index (χ0) is 17.7. The van der Waals surface area contributed by atoms with Gasteiger partial charge >= 0.3 is 0 Å². The molecule has 0 spiro atoms. The van der Waals surface area contributed by atoms with Crippen LogP contribution in [0.5, 0.6) is 0 Å². The van der Waals surface area contributed by atoms with Gasteiger partial charge in [0.1, 0.15) is 0 Å². The summed E-state index contributed by atoms with van der Waals surface area (Å²) in [6, 6.07) is 15.7. The third kappa shape index (κ3) is 2.24. The fraction of sp³-hybridized carbons (Fsp3) is 0.190. The van der Waals surface area contributed by atoms with Gasteiger partial charge in [0.25, 0.3) is 11.8 Å². The Balaban J connectivity index is 1.61. The third-order valence-corrected chi connectivity index (χ3v) is 5.98. The molecule has 0 atom stereocenters. The van der Waals surface area contributed by atoms with Crippen molar-refractivity contribution in [2.75, 3.05) is 4.90 Å². The normalized spacial score (nSPS) is 17.3. The summed E-state index contributed by atoms with van der Waals surface area (Å²) in [6.07, 6.45) is 3.40. The summed E-state index contributed by atoms with van der Waals surface area (Å²) in [5.41, 5.74) is 4.00. The van der Waals surface area contributed by atoms with Crippen molar-refractivity contribution in [1.29, 1.82) is 0 Å². The number of aromatic nitrogens is 1. The fourth-order valence-corrected chi connectivity index (χ4v) is 4.62. The van der Waals surface area contributed by atoms with E-state index in [-0.39, 0.29) is 11.8 Å². The molecule has 4 nitrogen and oxygen atoms in total. The maximum absolute atomic E-state index is 12.8. The highest BCUT2D eigenvalue weighted by molar-refractivity contribution is 7.13. The van der Waals surface area contributed by atoms with Crippen LogP contribution in [0.25, 0.3) is 21.3 Å². The molecule has 1 aromatic heterocycles. The van der Waals surface area contributed by atoms with Gasteiger partial charge in [-0.25, -0.2) is 4.90 Å². The molecule has 0 unspecified atom stereocenters. The molecule has 3 aromatic rings. The smallest absolute Gasteiger partial charge is 0.261 e. The predicted molar refractivity (Wildman–Crippen MR) is 103 cm³/mol. The van der Waals surface area contributed by atoms with Crippen molar-refractivity contribution in [2.24, 2.45) is 0 Å². The number of benzene rings is 2. The number of carbonyl (C=O) groups is 2. The predicted octanol–water partition coefficient (Wildman–Crippen LogP) is 4.71. The Morgan fingerprint density at radius 2 is 1.58 bits per heavy atom. The number of nitrogens with zero attached hydrogens (tertiary/aromatic N) is 2. The lowest BCUT2D eigenvalue weighted by Gasteiger charge is -2.15. The topological polar surface area (TPSA) is 50.3 Å². The van der Waals surface area contributed by atoms with E-state index in [2.05, 4.69) is 4.37 Å². The zero-order valence-electron chi connectivity index (χ0n) is 14.1. The van der Waals surface area contributed by atoms with Crippen LogP contribution in [0.2, 0.25) is 0 Å². The summed E-state index contributed by atoms with van der Waals surface area (Å²) in [5.74, 6) is -0.290. The van der Waals surface area contributed by atoms with E-state index in [1.807, 2.05) is 48.5 Å². The molecule has 2 amide bonds. The second-order valence-electron chi connectivity index (χ2n) is 6.69. The van der Waals surface area contributed by atoms with Crippen LogP contribution in [-0.4, -0.2) is 16.2 Å². The lowest BCUT2D eigenvalue weighted by molar-refractivity contribution is -0.120. The number of amides is 2. The highest BCUT2D eigenvalue weighted by Crippen LogP contribution is 2.38. The van der Waals surface area contributed by atoms with Crippen LogP contribution in [0.1, 0.15) is 25.7 Å². The molecule has 1 aliphatic heterocycles. The Hall–Kier alpha value is -2.79. The SMILES string of the molecule is O=C1C2=C(CCCC2)C(=O)N1c1ccc2snc(-c3ccccc3)c2c1. The summed E-state index contributed by atoms with van der Waals surface area (Å²) >= 11 is 1.43. The number of fused-ring (bicyclic) bond motifs is 1. The van der Waals surface area contributed by atoms with Crippen LogP contribution in [0, 0.1) is 0 Å². The largest absolute Gasteiger partial charge is 0.269 e. The first-order valence-electron chi connectivity index (χ1n) is 8.80. The molecule has 26 heavy (non-hydrogen) atoms. The van der Waals surface area contributed by atoms with Crippen molar-refractivity contribution in [3.63, 3.8) is 0 Å². The second kappa shape index (κ2) is 5.88. The average Bonchev–Trinajstić information content (AvgIpc) is 3.22. The quantitative estimate of drug-likeness (QED) is 0.622. The van der Waals surface area contributed by atoms with Crippen molar-refractivity contribution in [3.8, 4) is 11.3 Å². The molecule has 0 saturated heterocycles. The lowest BCUT2D eigenvalue weighted by Crippen LogP contribution is -2.31. The number of hydrogen-bond donors (Lipinski definition) is 0. The Morgan fingerprint density at radius 3 is 2.27 bits per heavy atom. The van der Waals surface area contributed by atoms with Crippen LogP contribution >= 0.6 is 11.5 Å². The van der Waals surface area contributed by atoms with E-state index in [0.717, 1.165) is 34.2 Å². The highest BCUT2D eigenvalue weighted by Gasteiger charge is 2.39. The maximum Gasteiger partial charge on any atom is 0.261 e. The van der Waals surface area contributed by atoms with Crippen LogP contribution in [0.3, 0.4) is 0 Å². The van der Waals surface area contributed by atoms with Crippen molar-refractivity contribution >= 4 is 39.1 Å². The first kappa shape index (κ1) is 15.5. The fourth-order valence-electron chi connectivity index (χ4n) is 3.84. The maximum atomic E-state index is 12.8. The molecule has 5 rings (SSSR count). The molecular weight excluding hydrogens is 344 g/mol. The van der Waals surface area contributed by atoms with E-state index in [1.54, 1.807) is 0 Å². The summed E-state index contributed by atoms with van der Waals surface area (Å²) in [4.78, 5) is 27.0.